The Bertz CT molecular complexity index is 344. The van der Waals surface area contributed by atoms with E-state index in [0.29, 0.717) is 0 Å². The molecule has 0 heterocycles. The topological polar surface area (TPSA) is 90.6 Å². The van der Waals surface area contributed by atoms with Gasteiger partial charge in [0.15, 0.2) is 0 Å². The molecule has 6 nitrogen and oxygen atoms in total. The Morgan fingerprint density at radius 3 is 2.59 bits per heavy atom. The first kappa shape index (κ1) is 15.0. The van der Waals surface area contributed by atoms with Crippen molar-refractivity contribution < 1.29 is 19.4 Å². The van der Waals surface area contributed by atoms with Crippen LogP contribution in [0.25, 0.3) is 0 Å². The lowest BCUT2D eigenvalue weighted by molar-refractivity contribution is -0.148. The molecule has 0 aromatic rings. The maximum absolute atomic E-state index is 11.6. The number of rotatable bonds is 6. The molecule has 0 aromatic heterocycles. The molecule has 0 unspecified atom stereocenters. The molecule has 0 aliphatic carbocycles. The van der Waals surface area contributed by atoms with Gasteiger partial charge in [-0.05, 0) is 13.8 Å². The smallest absolute Gasteiger partial charge is 0.411 e. The Hall–Kier alpha value is -2.03. The Morgan fingerprint density at radius 1 is 1.59 bits per heavy atom. The number of nitrogens with zero attached hydrogens (tertiary/aromatic N) is 2. The van der Waals surface area contributed by atoms with E-state index in [9.17, 15) is 9.59 Å². The fourth-order valence-corrected chi connectivity index (χ4v) is 1.08. The highest BCUT2D eigenvalue weighted by Gasteiger charge is 2.38. The van der Waals surface area contributed by atoms with Crippen LogP contribution in [0, 0.1) is 11.3 Å². The van der Waals surface area contributed by atoms with E-state index in [4.69, 9.17) is 15.1 Å². The highest BCUT2D eigenvalue weighted by Crippen LogP contribution is 2.16. The molecule has 0 aliphatic heterocycles. The Labute approximate surface area is 100 Å². The third-order valence-corrected chi connectivity index (χ3v) is 2.19. The predicted molar refractivity (Wildman–Crippen MR) is 60.2 cm³/mol. The van der Waals surface area contributed by atoms with Crippen molar-refractivity contribution in [3.8, 4) is 6.07 Å². The van der Waals surface area contributed by atoms with E-state index in [1.165, 1.54) is 19.9 Å². The van der Waals surface area contributed by atoms with Crippen molar-refractivity contribution in [3.05, 3.63) is 12.7 Å². The standard InChI is InChI=1S/C11H16N2O4/c1-4-8-17-10(16)13(7-5-6-12)11(2,3)9(14)15/h4H,1,5,7-8H2,2-3H3,(H,14,15). The molecule has 6 heteroatoms. The first-order chi connectivity index (χ1) is 7.87. The second-order valence-electron chi connectivity index (χ2n) is 3.79. The van der Waals surface area contributed by atoms with Crippen molar-refractivity contribution in [3.63, 3.8) is 0 Å². The second kappa shape index (κ2) is 6.53. The average Bonchev–Trinajstić information content (AvgIpc) is 2.26. The van der Waals surface area contributed by atoms with Crippen LogP contribution < -0.4 is 0 Å². The molecule has 0 aliphatic rings. The molecule has 0 radical (unpaired) electrons. The van der Waals surface area contributed by atoms with Gasteiger partial charge in [0.05, 0.1) is 12.5 Å². The van der Waals surface area contributed by atoms with Gasteiger partial charge in [-0.15, -0.1) is 0 Å². The number of aliphatic carboxylic acids is 1. The van der Waals surface area contributed by atoms with Gasteiger partial charge in [-0.2, -0.15) is 5.26 Å². The zero-order valence-corrected chi connectivity index (χ0v) is 9.97. The van der Waals surface area contributed by atoms with Crippen molar-refractivity contribution in [2.24, 2.45) is 0 Å². The molecule has 0 saturated carbocycles. The third-order valence-electron chi connectivity index (χ3n) is 2.19. The molecule has 0 rings (SSSR count). The molecule has 0 aromatic carbocycles. The van der Waals surface area contributed by atoms with E-state index in [1.54, 1.807) is 0 Å². The summed E-state index contributed by atoms with van der Waals surface area (Å²) in [5, 5.41) is 17.5. The van der Waals surface area contributed by atoms with Gasteiger partial charge in [0.1, 0.15) is 12.1 Å². The molecule has 17 heavy (non-hydrogen) atoms. The van der Waals surface area contributed by atoms with Gasteiger partial charge >= 0.3 is 12.1 Å². The molecular formula is C11H16N2O4. The van der Waals surface area contributed by atoms with Gasteiger partial charge in [-0.3, -0.25) is 4.90 Å². The quantitative estimate of drug-likeness (QED) is 0.708. The minimum absolute atomic E-state index is 0.00239. The zero-order valence-electron chi connectivity index (χ0n) is 9.97. The van der Waals surface area contributed by atoms with Crippen LogP contribution in [0.15, 0.2) is 12.7 Å². The number of carboxylic acids is 1. The Balaban J connectivity index is 4.87. The van der Waals surface area contributed by atoms with Gasteiger partial charge in [0.2, 0.25) is 0 Å². The van der Waals surface area contributed by atoms with Gasteiger partial charge in [0, 0.05) is 6.54 Å². The fourth-order valence-electron chi connectivity index (χ4n) is 1.08. The van der Waals surface area contributed by atoms with Gasteiger partial charge < -0.3 is 9.84 Å². The van der Waals surface area contributed by atoms with Gasteiger partial charge in [0.25, 0.3) is 0 Å². The lowest BCUT2D eigenvalue weighted by Crippen LogP contribution is -2.53. The minimum atomic E-state index is -1.42. The zero-order chi connectivity index (χ0) is 13.5. The maximum Gasteiger partial charge on any atom is 0.411 e. The van der Waals surface area contributed by atoms with E-state index >= 15 is 0 Å². The summed E-state index contributed by atoms with van der Waals surface area (Å²) < 4.78 is 4.78. The van der Waals surface area contributed by atoms with Gasteiger partial charge in [-0.25, -0.2) is 9.59 Å². The normalized spacial score (nSPS) is 10.2. The maximum atomic E-state index is 11.6. The number of nitriles is 1. The summed E-state index contributed by atoms with van der Waals surface area (Å²) in [5.41, 5.74) is -1.42. The molecule has 0 fully saturated rings. The number of hydrogen-bond donors (Lipinski definition) is 1. The number of amides is 1. The number of carbonyl (C=O) groups is 2. The fraction of sp³-hybridized carbons (Fsp3) is 0.545. The lowest BCUT2D eigenvalue weighted by Gasteiger charge is -2.33. The van der Waals surface area contributed by atoms with Crippen molar-refractivity contribution in [2.45, 2.75) is 25.8 Å². The highest BCUT2D eigenvalue weighted by atomic mass is 16.6. The summed E-state index contributed by atoms with van der Waals surface area (Å²) in [6, 6.07) is 1.86. The third kappa shape index (κ3) is 4.15. The number of carboxylic acid groups (broad SMARTS) is 1. The van der Waals surface area contributed by atoms with Crippen molar-refractivity contribution in [2.75, 3.05) is 13.2 Å². The molecular weight excluding hydrogens is 224 g/mol. The van der Waals surface area contributed by atoms with Crippen molar-refractivity contribution in [1.29, 1.82) is 5.26 Å². The molecule has 0 bridgehead atoms. The summed E-state index contributed by atoms with van der Waals surface area (Å²) in [6.07, 6.45) is 0.654. The van der Waals surface area contributed by atoms with Crippen LogP contribution in [-0.4, -0.2) is 40.8 Å². The number of hydrogen-bond acceptors (Lipinski definition) is 4. The SMILES string of the molecule is C=CCOC(=O)N(CCC#N)C(C)(C)C(=O)O. The second-order valence-corrected chi connectivity index (χ2v) is 3.79. The lowest BCUT2D eigenvalue weighted by atomic mass is 10.0. The van der Waals surface area contributed by atoms with Crippen LogP contribution in [0.4, 0.5) is 4.79 Å². The minimum Gasteiger partial charge on any atom is -0.480 e. The predicted octanol–water partition coefficient (Wildman–Crippen LogP) is 1.39. The van der Waals surface area contributed by atoms with Crippen LogP contribution in [-0.2, 0) is 9.53 Å². The summed E-state index contributed by atoms with van der Waals surface area (Å²) in [5.74, 6) is -1.16. The summed E-state index contributed by atoms with van der Waals surface area (Å²) in [7, 11) is 0. The van der Waals surface area contributed by atoms with E-state index in [0.717, 1.165) is 4.90 Å². The average molecular weight is 240 g/mol. The number of ether oxygens (including phenoxy) is 1. The van der Waals surface area contributed by atoms with Crippen LogP contribution in [0.3, 0.4) is 0 Å². The van der Waals surface area contributed by atoms with Crippen LogP contribution >= 0.6 is 0 Å². The monoisotopic (exact) mass is 240 g/mol. The molecule has 0 spiro atoms. The van der Waals surface area contributed by atoms with E-state index < -0.39 is 17.6 Å². The molecule has 1 N–H and O–H groups in total. The Morgan fingerprint density at radius 2 is 2.18 bits per heavy atom. The summed E-state index contributed by atoms with van der Waals surface area (Å²) in [6.45, 7) is 6.14. The Kier molecular flexibility index (Phi) is 5.75. The number of carbonyl (C=O) groups excluding carboxylic acids is 1. The molecule has 94 valence electrons. The van der Waals surface area contributed by atoms with E-state index in [1.807, 2.05) is 6.07 Å². The van der Waals surface area contributed by atoms with Crippen LogP contribution in [0.5, 0.6) is 0 Å². The van der Waals surface area contributed by atoms with Crippen molar-refractivity contribution in [1.82, 2.24) is 4.90 Å². The van der Waals surface area contributed by atoms with Crippen LogP contribution in [0.1, 0.15) is 20.3 Å². The summed E-state index contributed by atoms with van der Waals surface area (Å²) >= 11 is 0. The van der Waals surface area contributed by atoms with Crippen LogP contribution in [0.2, 0.25) is 0 Å². The first-order valence-corrected chi connectivity index (χ1v) is 5.03. The molecule has 0 saturated heterocycles. The largest absolute Gasteiger partial charge is 0.480 e. The van der Waals surface area contributed by atoms with Gasteiger partial charge in [-0.1, -0.05) is 12.7 Å². The molecule has 1 amide bonds. The summed E-state index contributed by atoms with van der Waals surface area (Å²) in [4.78, 5) is 23.7. The van der Waals surface area contributed by atoms with E-state index in [2.05, 4.69) is 6.58 Å². The highest BCUT2D eigenvalue weighted by molar-refractivity contribution is 5.83. The van der Waals surface area contributed by atoms with E-state index in [-0.39, 0.29) is 19.6 Å². The molecule has 0 atom stereocenters. The van der Waals surface area contributed by atoms with Crippen molar-refractivity contribution >= 4 is 12.1 Å². The first-order valence-electron chi connectivity index (χ1n) is 5.03.